The number of nitrogens with one attached hydrogen (secondary N) is 1. The second kappa shape index (κ2) is 8.49. The van der Waals surface area contributed by atoms with Crippen LogP contribution in [0.25, 0.3) is 0 Å². The Hall–Kier alpha value is -3.15. The third-order valence-electron chi connectivity index (χ3n) is 4.57. The van der Waals surface area contributed by atoms with Gasteiger partial charge in [-0.2, -0.15) is 5.10 Å². The van der Waals surface area contributed by atoms with E-state index in [0.29, 0.717) is 13.1 Å². The monoisotopic (exact) mass is 366 g/mol. The fourth-order valence-electron chi connectivity index (χ4n) is 2.80. The van der Waals surface area contributed by atoms with Crippen LogP contribution in [-0.4, -0.2) is 27.8 Å². The smallest absolute Gasteiger partial charge is 0.317 e. The fourth-order valence-corrected chi connectivity index (χ4v) is 2.80. The van der Waals surface area contributed by atoms with Crippen LogP contribution in [0.2, 0.25) is 0 Å². The Morgan fingerprint density at radius 3 is 2.56 bits per heavy atom. The molecule has 1 atom stereocenters. The van der Waals surface area contributed by atoms with Crippen LogP contribution in [-0.2, 0) is 13.1 Å². The number of carbonyl (C=O) groups excluding carboxylic acids is 1. The zero-order chi connectivity index (χ0) is 19.2. The summed E-state index contributed by atoms with van der Waals surface area (Å²) in [4.78, 5) is 14.0. The number of amides is 2. The zero-order valence-electron chi connectivity index (χ0n) is 15.5. The van der Waals surface area contributed by atoms with Crippen LogP contribution in [0.1, 0.15) is 29.7 Å². The minimum absolute atomic E-state index is 0.161. The van der Waals surface area contributed by atoms with E-state index in [0.717, 1.165) is 11.1 Å². The molecule has 0 radical (unpaired) electrons. The predicted octanol–water partition coefficient (Wildman–Crippen LogP) is 3.97. The maximum absolute atomic E-state index is 13.1. The van der Waals surface area contributed by atoms with Gasteiger partial charge in [0.15, 0.2) is 0 Å². The summed E-state index contributed by atoms with van der Waals surface area (Å²) in [5.41, 5.74) is 2.98. The number of rotatable bonds is 6. The van der Waals surface area contributed by atoms with Crippen LogP contribution >= 0.6 is 0 Å². The Kier molecular flexibility index (Phi) is 5.86. The molecule has 0 aliphatic carbocycles. The quantitative estimate of drug-likeness (QED) is 0.718. The van der Waals surface area contributed by atoms with Crippen LogP contribution < -0.4 is 5.32 Å². The molecular weight excluding hydrogens is 343 g/mol. The number of nitrogens with zero attached hydrogens (tertiary/aromatic N) is 3. The summed E-state index contributed by atoms with van der Waals surface area (Å²) in [6.07, 6.45) is 3.68. The fraction of sp³-hybridized carbons (Fsp3) is 0.238. The van der Waals surface area contributed by atoms with Gasteiger partial charge in [0.05, 0.1) is 18.8 Å². The third kappa shape index (κ3) is 4.94. The molecule has 0 bridgehead atoms. The van der Waals surface area contributed by atoms with Gasteiger partial charge in [0.25, 0.3) is 0 Å². The van der Waals surface area contributed by atoms with Gasteiger partial charge in [0.2, 0.25) is 0 Å². The Balaban J connectivity index is 1.53. The van der Waals surface area contributed by atoms with Gasteiger partial charge in [-0.15, -0.1) is 0 Å². The van der Waals surface area contributed by atoms with Gasteiger partial charge in [0.1, 0.15) is 5.82 Å². The highest BCUT2D eigenvalue weighted by molar-refractivity contribution is 5.74. The molecule has 0 saturated carbocycles. The molecule has 0 aliphatic heterocycles. The molecule has 1 N–H and O–H groups in total. The number of carbonyl (C=O) groups is 1. The molecule has 3 rings (SSSR count). The molecule has 27 heavy (non-hydrogen) atoms. The molecule has 140 valence electrons. The van der Waals surface area contributed by atoms with Gasteiger partial charge in [-0.25, -0.2) is 9.18 Å². The van der Waals surface area contributed by atoms with E-state index in [1.165, 1.54) is 17.7 Å². The summed E-state index contributed by atoms with van der Waals surface area (Å²) in [6.45, 7) is 3.00. The zero-order valence-corrected chi connectivity index (χ0v) is 15.5. The Morgan fingerprint density at radius 1 is 1.15 bits per heavy atom. The van der Waals surface area contributed by atoms with Gasteiger partial charge in [0, 0.05) is 25.4 Å². The van der Waals surface area contributed by atoms with Gasteiger partial charge in [-0.1, -0.05) is 42.5 Å². The third-order valence-corrected chi connectivity index (χ3v) is 4.57. The lowest BCUT2D eigenvalue weighted by Gasteiger charge is -2.25. The molecule has 0 fully saturated rings. The van der Waals surface area contributed by atoms with Crippen molar-refractivity contribution < 1.29 is 9.18 Å². The minimum atomic E-state index is -0.287. The highest BCUT2D eigenvalue weighted by atomic mass is 19.1. The van der Waals surface area contributed by atoms with Gasteiger partial charge >= 0.3 is 6.03 Å². The lowest BCUT2D eigenvalue weighted by atomic mass is 10.1. The number of hydrogen-bond donors (Lipinski definition) is 1. The first-order chi connectivity index (χ1) is 13.0. The van der Waals surface area contributed by atoms with E-state index in [1.54, 1.807) is 30.3 Å². The molecule has 6 heteroatoms. The lowest BCUT2D eigenvalue weighted by Crippen LogP contribution is -2.38. The SMILES string of the molecule is CC(c1ccc(F)cc1)N(C)C(=O)NCc1cnn(Cc2ccccc2)c1. The van der Waals surface area contributed by atoms with E-state index >= 15 is 0 Å². The summed E-state index contributed by atoms with van der Waals surface area (Å²) in [7, 11) is 1.72. The highest BCUT2D eigenvalue weighted by Gasteiger charge is 2.17. The molecule has 1 aromatic heterocycles. The van der Waals surface area contributed by atoms with Crippen molar-refractivity contribution in [3.63, 3.8) is 0 Å². The molecule has 2 amide bonds. The van der Waals surface area contributed by atoms with Crippen LogP contribution in [0.4, 0.5) is 9.18 Å². The van der Waals surface area contributed by atoms with Crippen LogP contribution in [0, 0.1) is 5.82 Å². The van der Waals surface area contributed by atoms with E-state index in [1.807, 2.05) is 36.0 Å². The van der Waals surface area contributed by atoms with Crippen LogP contribution in [0.3, 0.4) is 0 Å². The number of hydrogen-bond acceptors (Lipinski definition) is 2. The second-order valence-electron chi connectivity index (χ2n) is 6.53. The highest BCUT2D eigenvalue weighted by Crippen LogP contribution is 2.19. The van der Waals surface area contributed by atoms with Crippen molar-refractivity contribution in [2.75, 3.05) is 7.05 Å². The molecule has 2 aromatic carbocycles. The van der Waals surface area contributed by atoms with Gasteiger partial charge in [-0.3, -0.25) is 4.68 Å². The molecule has 5 nitrogen and oxygen atoms in total. The summed E-state index contributed by atoms with van der Waals surface area (Å²) in [5.74, 6) is -0.287. The van der Waals surface area contributed by atoms with Crippen molar-refractivity contribution in [2.45, 2.75) is 26.1 Å². The van der Waals surface area contributed by atoms with Gasteiger partial charge < -0.3 is 10.2 Å². The molecule has 1 unspecified atom stereocenters. The standard InChI is InChI=1S/C21H23FN4O/c1-16(19-8-10-20(22)11-9-19)25(2)21(27)23-12-18-13-24-26(15-18)14-17-6-4-3-5-7-17/h3-11,13,15-16H,12,14H2,1-2H3,(H,23,27). The molecule has 1 heterocycles. The largest absolute Gasteiger partial charge is 0.334 e. The summed E-state index contributed by atoms with van der Waals surface area (Å²) < 4.78 is 14.9. The second-order valence-corrected chi connectivity index (χ2v) is 6.53. The average molecular weight is 366 g/mol. The number of benzene rings is 2. The molecule has 0 saturated heterocycles. The normalized spacial score (nSPS) is 11.8. The summed E-state index contributed by atoms with van der Waals surface area (Å²) in [5, 5.41) is 7.24. The predicted molar refractivity (Wildman–Crippen MR) is 103 cm³/mol. The summed E-state index contributed by atoms with van der Waals surface area (Å²) >= 11 is 0. The Labute approximate surface area is 158 Å². The van der Waals surface area contributed by atoms with Crippen LogP contribution in [0.15, 0.2) is 67.0 Å². The molecule has 0 spiro atoms. The summed E-state index contributed by atoms with van der Waals surface area (Å²) in [6, 6.07) is 15.9. The first-order valence-electron chi connectivity index (χ1n) is 8.84. The Morgan fingerprint density at radius 2 is 1.85 bits per heavy atom. The molecule has 3 aromatic rings. The van der Waals surface area contributed by atoms with Crippen molar-refractivity contribution in [1.82, 2.24) is 20.0 Å². The van der Waals surface area contributed by atoms with Crippen molar-refractivity contribution in [3.05, 3.63) is 89.5 Å². The lowest BCUT2D eigenvalue weighted by molar-refractivity contribution is 0.194. The number of aromatic nitrogens is 2. The van der Waals surface area contributed by atoms with Crippen LogP contribution in [0.5, 0.6) is 0 Å². The van der Waals surface area contributed by atoms with Gasteiger partial charge in [-0.05, 0) is 30.2 Å². The molecule has 0 aliphatic rings. The van der Waals surface area contributed by atoms with Crippen molar-refractivity contribution in [3.8, 4) is 0 Å². The van der Waals surface area contributed by atoms with E-state index in [-0.39, 0.29) is 17.9 Å². The molecular formula is C21H23FN4O. The topological polar surface area (TPSA) is 50.2 Å². The van der Waals surface area contributed by atoms with E-state index in [4.69, 9.17) is 0 Å². The number of halogens is 1. The Bertz CT molecular complexity index is 877. The van der Waals surface area contributed by atoms with Crippen molar-refractivity contribution in [2.24, 2.45) is 0 Å². The van der Waals surface area contributed by atoms with Crippen molar-refractivity contribution in [1.29, 1.82) is 0 Å². The first kappa shape index (κ1) is 18.6. The van der Waals surface area contributed by atoms with E-state index in [9.17, 15) is 9.18 Å². The van der Waals surface area contributed by atoms with Crippen molar-refractivity contribution >= 4 is 6.03 Å². The van der Waals surface area contributed by atoms with E-state index in [2.05, 4.69) is 22.5 Å². The maximum Gasteiger partial charge on any atom is 0.317 e. The maximum atomic E-state index is 13.1. The number of urea groups is 1. The minimum Gasteiger partial charge on any atom is -0.334 e. The first-order valence-corrected chi connectivity index (χ1v) is 8.84. The van der Waals surface area contributed by atoms with E-state index < -0.39 is 0 Å². The average Bonchev–Trinajstić information content (AvgIpc) is 3.13.